The fraction of sp³-hybridized carbons (Fsp3) is 0.636. The van der Waals surface area contributed by atoms with Gasteiger partial charge in [-0.3, -0.25) is 9.59 Å². The monoisotopic (exact) mass is 378 g/mol. The maximum atomic E-state index is 11.1. The van der Waals surface area contributed by atoms with Gasteiger partial charge in [0, 0.05) is 0 Å². The zero-order chi connectivity index (χ0) is 21.2. The smallest absolute Gasteiger partial charge is 0.317 e. The Bertz CT molecular complexity index is 643. The summed E-state index contributed by atoms with van der Waals surface area (Å²) in [5.41, 5.74) is 2.46. The molecule has 0 fully saturated rings. The first kappa shape index (κ1) is 23.0. The highest BCUT2D eigenvalue weighted by molar-refractivity contribution is 5.92. The van der Waals surface area contributed by atoms with Gasteiger partial charge in [-0.25, -0.2) is 0 Å². The Morgan fingerprint density at radius 1 is 0.889 bits per heavy atom. The number of carboxylic acid groups (broad SMARTS) is 2. The second kappa shape index (κ2) is 8.32. The van der Waals surface area contributed by atoms with Crippen LogP contribution in [0.5, 0.6) is 5.75 Å². The summed E-state index contributed by atoms with van der Waals surface area (Å²) in [7, 11) is 0. The normalized spacial score (nSPS) is 13.6. The fourth-order valence-corrected chi connectivity index (χ4v) is 3.26. The first-order valence-electron chi connectivity index (χ1n) is 9.47. The number of hydrogen-bond acceptors (Lipinski definition) is 3. The Hall–Kier alpha value is -2.04. The van der Waals surface area contributed by atoms with Crippen LogP contribution in [0.2, 0.25) is 0 Å². The zero-order valence-corrected chi connectivity index (χ0v) is 17.6. The van der Waals surface area contributed by atoms with Gasteiger partial charge in [0.1, 0.15) is 5.75 Å². The number of carbonyl (C=O) groups is 2. The second-order valence-corrected chi connectivity index (χ2v) is 9.66. The van der Waals surface area contributed by atoms with Gasteiger partial charge in [-0.2, -0.15) is 0 Å². The molecule has 3 N–H and O–H groups in total. The quantitative estimate of drug-likeness (QED) is 0.596. The van der Waals surface area contributed by atoms with E-state index in [1.54, 1.807) is 0 Å². The molecule has 0 saturated heterocycles. The predicted octanol–water partition coefficient (Wildman–Crippen LogP) is 4.73. The van der Waals surface area contributed by atoms with Crippen LogP contribution in [-0.2, 0) is 26.8 Å². The van der Waals surface area contributed by atoms with Gasteiger partial charge in [-0.1, -0.05) is 60.6 Å². The number of phenolic OH excluding ortho intramolecular Hbond substituents is 1. The van der Waals surface area contributed by atoms with E-state index >= 15 is 0 Å². The minimum absolute atomic E-state index is 0.113. The highest BCUT2D eigenvalue weighted by atomic mass is 16.4. The number of benzene rings is 1. The Balaban J connectivity index is 3.09. The molecule has 0 saturated carbocycles. The fourth-order valence-electron chi connectivity index (χ4n) is 3.26. The standard InChI is InChI=1S/C22H34O5/c1-13(8-9-15(19(24)25)20(26)27)10-14-11-16(21(2,3)4)18(23)17(12-14)22(5,6)7/h11-13,15,23H,8-10H2,1-7H3,(H,24,25)(H,26,27). The minimum atomic E-state index is -1.36. The molecule has 0 amide bonds. The third-order valence-corrected chi connectivity index (χ3v) is 4.91. The van der Waals surface area contributed by atoms with Gasteiger partial charge in [0.15, 0.2) is 5.92 Å². The molecule has 0 heterocycles. The molecule has 0 aliphatic carbocycles. The van der Waals surface area contributed by atoms with E-state index in [1.165, 1.54) is 0 Å². The summed E-state index contributed by atoms with van der Waals surface area (Å²) < 4.78 is 0. The molecule has 1 atom stereocenters. The molecular formula is C22H34O5. The average Bonchev–Trinajstić information content (AvgIpc) is 2.45. The maximum Gasteiger partial charge on any atom is 0.317 e. The van der Waals surface area contributed by atoms with Crippen LogP contribution in [0.15, 0.2) is 12.1 Å². The van der Waals surface area contributed by atoms with Gasteiger partial charge >= 0.3 is 11.9 Å². The SMILES string of the molecule is CC(CCC(C(=O)O)C(=O)O)Cc1cc(C(C)(C)C)c(O)c(C(C)(C)C)c1. The van der Waals surface area contributed by atoms with Gasteiger partial charge in [-0.05, 0) is 52.7 Å². The lowest BCUT2D eigenvalue weighted by Crippen LogP contribution is -2.24. The first-order chi connectivity index (χ1) is 12.1. The molecule has 1 aromatic carbocycles. The first-order valence-corrected chi connectivity index (χ1v) is 9.47. The van der Waals surface area contributed by atoms with Crippen molar-refractivity contribution in [2.24, 2.45) is 11.8 Å². The molecule has 0 radical (unpaired) electrons. The third kappa shape index (κ3) is 6.26. The van der Waals surface area contributed by atoms with Crippen LogP contribution < -0.4 is 0 Å². The number of phenols is 1. The number of rotatable bonds is 7. The van der Waals surface area contributed by atoms with Crippen molar-refractivity contribution in [3.05, 3.63) is 28.8 Å². The topological polar surface area (TPSA) is 94.8 Å². The van der Waals surface area contributed by atoms with E-state index < -0.39 is 17.9 Å². The maximum absolute atomic E-state index is 11.1. The van der Waals surface area contributed by atoms with Crippen LogP contribution in [0.25, 0.3) is 0 Å². The summed E-state index contributed by atoms with van der Waals surface area (Å²) in [5.74, 6) is -3.46. The van der Waals surface area contributed by atoms with E-state index in [1.807, 2.05) is 19.1 Å². The van der Waals surface area contributed by atoms with Gasteiger partial charge in [0.2, 0.25) is 0 Å². The van der Waals surface area contributed by atoms with E-state index in [4.69, 9.17) is 10.2 Å². The lowest BCUT2D eigenvalue weighted by molar-refractivity contribution is -0.154. The van der Waals surface area contributed by atoms with Crippen LogP contribution in [0.1, 0.15) is 78.0 Å². The molecule has 0 aliphatic rings. The van der Waals surface area contributed by atoms with Gasteiger partial charge in [0.25, 0.3) is 0 Å². The lowest BCUT2D eigenvalue weighted by atomic mass is 9.77. The van der Waals surface area contributed by atoms with E-state index in [2.05, 4.69) is 41.5 Å². The van der Waals surface area contributed by atoms with E-state index in [0.717, 1.165) is 16.7 Å². The molecule has 0 spiro atoms. The summed E-state index contributed by atoms with van der Waals surface area (Å²) in [6.07, 6.45) is 1.33. The Kier molecular flexibility index (Phi) is 7.09. The molecule has 152 valence electrons. The van der Waals surface area contributed by atoms with Crippen molar-refractivity contribution in [1.29, 1.82) is 0 Å². The molecule has 0 bridgehead atoms. The average molecular weight is 379 g/mol. The molecule has 5 nitrogen and oxygen atoms in total. The largest absolute Gasteiger partial charge is 0.507 e. The van der Waals surface area contributed by atoms with Crippen LogP contribution in [0, 0.1) is 11.8 Å². The van der Waals surface area contributed by atoms with Gasteiger partial charge < -0.3 is 15.3 Å². The van der Waals surface area contributed by atoms with Crippen LogP contribution in [-0.4, -0.2) is 27.3 Å². The highest BCUT2D eigenvalue weighted by Gasteiger charge is 2.28. The van der Waals surface area contributed by atoms with Crippen molar-refractivity contribution in [2.75, 3.05) is 0 Å². The summed E-state index contributed by atoms with van der Waals surface area (Å²) in [6.45, 7) is 14.4. The Morgan fingerprint density at radius 3 is 1.63 bits per heavy atom. The summed E-state index contributed by atoms with van der Waals surface area (Å²) in [5, 5.41) is 28.8. The van der Waals surface area contributed by atoms with Crippen LogP contribution >= 0.6 is 0 Å². The Labute approximate surface area is 162 Å². The van der Waals surface area contributed by atoms with Crippen molar-refractivity contribution in [3.8, 4) is 5.75 Å². The summed E-state index contributed by atoms with van der Waals surface area (Å²) in [6, 6.07) is 4.04. The highest BCUT2D eigenvalue weighted by Crippen LogP contribution is 2.40. The zero-order valence-electron chi connectivity index (χ0n) is 17.6. The van der Waals surface area contributed by atoms with Crippen molar-refractivity contribution in [2.45, 2.75) is 78.6 Å². The molecule has 1 unspecified atom stereocenters. The van der Waals surface area contributed by atoms with Crippen LogP contribution in [0.4, 0.5) is 0 Å². The van der Waals surface area contributed by atoms with Crippen molar-refractivity contribution in [1.82, 2.24) is 0 Å². The van der Waals surface area contributed by atoms with E-state index in [-0.39, 0.29) is 23.2 Å². The van der Waals surface area contributed by atoms with Crippen molar-refractivity contribution in [3.63, 3.8) is 0 Å². The Morgan fingerprint density at radius 2 is 1.30 bits per heavy atom. The number of hydrogen-bond donors (Lipinski definition) is 3. The van der Waals surface area contributed by atoms with Gasteiger partial charge in [0.05, 0.1) is 0 Å². The molecule has 0 aliphatic heterocycles. The van der Waals surface area contributed by atoms with Crippen molar-refractivity contribution < 1.29 is 24.9 Å². The van der Waals surface area contributed by atoms with E-state index in [0.29, 0.717) is 18.6 Å². The molecule has 0 aromatic heterocycles. The molecule has 5 heteroatoms. The molecular weight excluding hydrogens is 344 g/mol. The molecule has 1 rings (SSSR count). The van der Waals surface area contributed by atoms with Crippen LogP contribution in [0.3, 0.4) is 0 Å². The lowest BCUT2D eigenvalue weighted by Gasteiger charge is -2.28. The summed E-state index contributed by atoms with van der Waals surface area (Å²) in [4.78, 5) is 22.1. The minimum Gasteiger partial charge on any atom is -0.507 e. The summed E-state index contributed by atoms with van der Waals surface area (Å²) >= 11 is 0. The van der Waals surface area contributed by atoms with E-state index in [9.17, 15) is 14.7 Å². The third-order valence-electron chi connectivity index (χ3n) is 4.91. The molecule has 1 aromatic rings. The predicted molar refractivity (Wildman–Crippen MR) is 106 cm³/mol. The number of aromatic hydroxyl groups is 1. The van der Waals surface area contributed by atoms with Gasteiger partial charge in [-0.15, -0.1) is 0 Å². The number of aliphatic carboxylic acids is 2. The second-order valence-electron chi connectivity index (χ2n) is 9.66. The molecule has 27 heavy (non-hydrogen) atoms. The number of carboxylic acids is 2. The van der Waals surface area contributed by atoms with Crippen molar-refractivity contribution >= 4 is 11.9 Å².